The van der Waals surface area contributed by atoms with Crippen molar-refractivity contribution in [1.29, 1.82) is 0 Å². The Labute approximate surface area is 117 Å². The summed E-state index contributed by atoms with van der Waals surface area (Å²) in [7, 11) is 0. The van der Waals surface area contributed by atoms with Crippen LogP contribution in [0.2, 0.25) is 0 Å². The maximum absolute atomic E-state index is 12.8. The average molecular weight is 266 g/mol. The Balaban J connectivity index is 1.99. The molecule has 1 saturated heterocycles. The fourth-order valence-electron chi connectivity index (χ4n) is 3.86. The van der Waals surface area contributed by atoms with E-state index in [1.165, 1.54) is 6.42 Å². The van der Waals surface area contributed by atoms with Gasteiger partial charge in [0.25, 0.3) is 0 Å². The van der Waals surface area contributed by atoms with Gasteiger partial charge in [-0.2, -0.15) is 0 Å². The number of hydrogen-bond acceptors (Lipinski definition) is 2. The molecule has 2 N–H and O–H groups in total. The molecule has 3 heteroatoms. The zero-order chi connectivity index (χ0) is 13.9. The highest BCUT2D eigenvalue weighted by atomic mass is 16.2. The topological polar surface area (TPSA) is 41.1 Å². The van der Waals surface area contributed by atoms with Crippen LogP contribution >= 0.6 is 0 Å². The summed E-state index contributed by atoms with van der Waals surface area (Å²) in [5.41, 5.74) is -0.0917. The van der Waals surface area contributed by atoms with E-state index in [1.54, 1.807) is 0 Å². The predicted molar refractivity (Wildman–Crippen MR) is 78.9 cm³/mol. The zero-order valence-electron chi connectivity index (χ0n) is 12.8. The van der Waals surface area contributed by atoms with Gasteiger partial charge in [-0.25, -0.2) is 0 Å². The van der Waals surface area contributed by atoms with Crippen molar-refractivity contribution in [3.8, 4) is 0 Å². The smallest absolute Gasteiger partial charge is 0.226 e. The fraction of sp³-hybridized carbons (Fsp3) is 0.938. The number of nitrogens with one attached hydrogen (secondary N) is 2. The third-order valence-electron chi connectivity index (χ3n) is 5.55. The molecular formula is C16H30N2O. The quantitative estimate of drug-likeness (QED) is 0.821. The lowest BCUT2D eigenvalue weighted by molar-refractivity contribution is -0.134. The predicted octanol–water partition coefficient (Wildman–Crippen LogP) is 2.71. The highest BCUT2D eigenvalue weighted by molar-refractivity contribution is 5.83. The van der Waals surface area contributed by atoms with Gasteiger partial charge in [0.2, 0.25) is 5.91 Å². The van der Waals surface area contributed by atoms with Crippen molar-refractivity contribution in [3.05, 3.63) is 0 Å². The number of rotatable bonds is 4. The van der Waals surface area contributed by atoms with Crippen LogP contribution in [-0.2, 0) is 4.79 Å². The normalized spacial score (nSPS) is 34.2. The molecule has 0 spiro atoms. The van der Waals surface area contributed by atoms with Crippen LogP contribution in [0.1, 0.15) is 59.3 Å². The lowest BCUT2D eigenvalue weighted by atomic mass is 9.74. The van der Waals surface area contributed by atoms with Gasteiger partial charge < -0.3 is 10.6 Å². The molecule has 2 fully saturated rings. The van der Waals surface area contributed by atoms with Crippen LogP contribution < -0.4 is 10.6 Å². The second-order valence-electron chi connectivity index (χ2n) is 6.77. The van der Waals surface area contributed by atoms with Crippen molar-refractivity contribution in [2.45, 2.75) is 65.3 Å². The standard InChI is InChI=1S/C16H30N2O/c1-4-7-16(8-10-17-11-9-16)15(19)18-14-6-5-12(2)13(14)3/h12-14,17H,4-11H2,1-3H3,(H,18,19). The molecule has 110 valence electrons. The summed E-state index contributed by atoms with van der Waals surface area (Å²) in [5.74, 6) is 1.71. The Kier molecular flexibility index (Phi) is 4.88. The van der Waals surface area contributed by atoms with E-state index in [9.17, 15) is 4.79 Å². The molecule has 0 aromatic heterocycles. The van der Waals surface area contributed by atoms with Crippen LogP contribution in [0.15, 0.2) is 0 Å². The summed E-state index contributed by atoms with van der Waals surface area (Å²) in [6, 6.07) is 0.408. The van der Waals surface area contributed by atoms with Crippen molar-refractivity contribution in [2.24, 2.45) is 17.3 Å². The summed E-state index contributed by atoms with van der Waals surface area (Å²) in [6.45, 7) is 8.77. The molecule has 2 aliphatic rings. The summed E-state index contributed by atoms with van der Waals surface area (Å²) >= 11 is 0. The van der Waals surface area contributed by atoms with E-state index in [0.717, 1.165) is 51.1 Å². The largest absolute Gasteiger partial charge is 0.353 e. The van der Waals surface area contributed by atoms with E-state index < -0.39 is 0 Å². The zero-order valence-corrected chi connectivity index (χ0v) is 12.8. The monoisotopic (exact) mass is 266 g/mol. The molecule has 0 radical (unpaired) electrons. The highest BCUT2D eigenvalue weighted by Crippen LogP contribution is 2.36. The average Bonchev–Trinajstić information content (AvgIpc) is 2.72. The van der Waals surface area contributed by atoms with E-state index in [4.69, 9.17) is 0 Å². The van der Waals surface area contributed by atoms with Crippen molar-refractivity contribution in [1.82, 2.24) is 10.6 Å². The molecular weight excluding hydrogens is 236 g/mol. The Hall–Kier alpha value is -0.570. The van der Waals surface area contributed by atoms with E-state index in [-0.39, 0.29) is 5.41 Å². The van der Waals surface area contributed by atoms with Crippen LogP contribution in [0.25, 0.3) is 0 Å². The molecule has 0 bridgehead atoms. The first-order valence-electron chi connectivity index (χ1n) is 8.11. The molecule has 0 aromatic rings. The van der Waals surface area contributed by atoms with Crippen molar-refractivity contribution in [3.63, 3.8) is 0 Å². The molecule has 0 aromatic carbocycles. The van der Waals surface area contributed by atoms with E-state index in [1.807, 2.05) is 0 Å². The molecule has 1 saturated carbocycles. The fourth-order valence-corrected chi connectivity index (χ4v) is 3.86. The van der Waals surface area contributed by atoms with E-state index >= 15 is 0 Å². The lowest BCUT2D eigenvalue weighted by Crippen LogP contribution is -2.51. The SMILES string of the molecule is CCCC1(C(=O)NC2CCC(C)C2C)CCNCC1. The van der Waals surface area contributed by atoms with Gasteiger partial charge in [0.05, 0.1) is 5.41 Å². The first-order chi connectivity index (χ1) is 9.09. The van der Waals surface area contributed by atoms with Crippen LogP contribution in [0.3, 0.4) is 0 Å². The Morgan fingerprint density at radius 1 is 1.26 bits per heavy atom. The molecule has 3 unspecified atom stereocenters. The van der Waals surface area contributed by atoms with Crippen molar-refractivity contribution in [2.75, 3.05) is 13.1 Å². The molecule has 1 aliphatic heterocycles. The molecule has 1 aliphatic carbocycles. The third-order valence-corrected chi connectivity index (χ3v) is 5.55. The van der Waals surface area contributed by atoms with Gasteiger partial charge in [-0.05, 0) is 57.0 Å². The van der Waals surface area contributed by atoms with Crippen molar-refractivity contribution < 1.29 is 4.79 Å². The molecule has 1 heterocycles. The number of carbonyl (C=O) groups excluding carboxylic acids is 1. The van der Waals surface area contributed by atoms with Gasteiger partial charge >= 0.3 is 0 Å². The minimum Gasteiger partial charge on any atom is -0.353 e. The number of hydrogen-bond donors (Lipinski definition) is 2. The van der Waals surface area contributed by atoms with Gasteiger partial charge in [0.15, 0.2) is 0 Å². The van der Waals surface area contributed by atoms with Gasteiger partial charge in [0.1, 0.15) is 0 Å². The summed E-state index contributed by atoms with van der Waals surface area (Å²) in [5, 5.41) is 6.77. The van der Waals surface area contributed by atoms with Crippen LogP contribution in [-0.4, -0.2) is 25.0 Å². The van der Waals surface area contributed by atoms with E-state index in [2.05, 4.69) is 31.4 Å². The third kappa shape index (κ3) is 3.13. The van der Waals surface area contributed by atoms with Gasteiger partial charge in [-0.3, -0.25) is 4.79 Å². The lowest BCUT2D eigenvalue weighted by Gasteiger charge is -2.37. The first-order valence-corrected chi connectivity index (χ1v) is 8.11. The van der Waals surface area contributed by atoms with E-state index in [0.29, 0.717) is 17.9 Å². The van der Waals surface area contributed by atoms with Crippen LogP contribution in [0.5, 0.6) is 0 Å². The number of carbonyl (C=O) groups is 1. The maximum Gasteiger partial charge on any atom is 0.226 e. The minimum absolute atomic E-state index is 0.0917. The number of amides is 1. The van der Waals surface area contributed by atoms with Crippen LogP contribution in [0.4, 0.5) is 0 Å². The molecule has 1 amide bonds. The maximum atomic E-state index is 12.8. The molecule has 2 rings (SSSR count). The second-order valence-corrected chi connectivity index (χ2v) is 6.77. The highest BCUT2D eigenvalue weighted by Gasteiger charge is 2.41. The van der Waals surface area contributed by atoms with Crippen LogP contribution in [0, 0.1) is 17.3 Å². The Morgan fingerprint density at radius 2 is 1.95 bits per heavy atom. The second kappa shape index (κ2) is 6.25. The summed E-state index contributed by atoms with van der Waals surface area (Å²) in [4.78, 5) is 12.8. The summed E-state index contributed by atoms with van der Waals surface area (Å²) in [6.07, 6.45) is 6.57. The summed E-state index contributed by atoms with van der Waals surface area (Å²) < 4.78 is 0. The molecule has 19 heavy (non-hydrogen) atoms. The minimum atomic E-state index is -0.0917. The van der Waals surface area contributed by atoms with Crippen molar-refractivity contribution >= 4 is 5.91 Å². The Morgan fingerprint density at radius 3 is 2.47 bits per heavy atom. The van der Waals surface area contributed by atoms with Gasteiger partial charge in [-0.1, -0.05) is 27.2 Å². The van der Waals surface area contributed by atoms with Gasteiger partial charge in [0, 0.05) is 6.04 Å². The molecule has 3 atom stereocenters. The first kappa shape index (κ1) is 14.8. The van der Waals surface area contributed by atoms with Gasteiger partial charge in [-0.15, -0.1) is 0 Å². The molecule has 3 nitrogen and oxygen atoms in total. The number of piperidine rings is 1. The Bertz CT molecular complexity index is 304.